The number of ether oxygens (including phenoxy) is 1. The van der Waals surface area contributed by atoms with Crippen molar-refractivity contribution in [1.29, 1.82) is 0 Å². The lowest BCUT2D eigenvalue weighted by atomic mass is 10.2. The van der Waals surface area contributed by atoms with E-state index in [1.165, 1.54) is 0 Å². The number of esters is 1. The second-order valence-electron chi connectivity index (χ2n) is 6.21. The predicted octanol–water partition coefficient (Wildman–Crippen LogP) is 3.28. The topological polar surface area (TPSA) is 52.6 Å². The van der Waals surface area contributed by atoms with Crippen LogP contribution in [-0.2, 0) is 25.4 Å². The number of benzene rings is 1. The Balaban J connectivity index is 2.54. The number of hydrogen-bond donors (Lipinski definition) is 0. The van der Waals surface area contributed by atoms with Crippen molar-refractivity contribution in [2.75, 3.05) is 0 Å². The molecule has 110 valence electrons. The van der Waals surface area contributed by atoms with E-state index in [4.69, 9.17) is 9.16 Å². The van der Waals surface area contributed by atoms with Gasteiger partial charge in [-0.1, -0.05) is 51.1 Å². The molecule has 0 N–H and O–H groups in total. The van der Waals surface area contributed by atoms with Crippen LogP contribution in [0.1, 0.15) is 26.3 Å². The minimum atomic E-state index is -2.29. The van der Waals surface area contributed by atoms with Crippen molar-refractivity contribution >= 4 is 20.3 Å². The van der Waals surface area contributed by atoms with Crippen molar-refractivity contribution in [3.63, 3.8) is 0 Å². The van der Waals surface area contributed by atoms with Gasteiger partial charge in [-0.25, -0.2) is 9.59 Å². The van der Waals surface area contributed by atoms with Crippen LogP contribution in [0.3, 0.4) is 0 Å². The molecule has 0 spiro atoms. The van der Waals surface area contributed by atoms with Crippen molar-refractivity contribution < 1.29 is 18.8 Å². The summed E-state index contributed by atoms with van der Waals surface area (Å²) in [6, 6.07) is 9.21. The molecule has 0 heterocycles. The van der Waals surface area contributed by atoms with Gasteiger partial charge >= 0.3 is 11.9 Å². The van der Waals surface area contributed by atoms with Crippen molar-refractivity contribution in [1.82, 2.24) is 0 Å². The summed E-state index contributed by atoms with van der Waals surface area (Å²) in [5.41, 5.74) is 0.834. The second-order valence-corrected chi connectivity index (χ2v) is 10.9. The van der Waals surface area contributed by atoms with Gasteiger partial charge in [0.2, 0.25) is 0 Å². The molecule has 1 aromatic rings. The Morgan fingerprint density at radius 3 is 2.10 bits per heavy atom. The van der Waals surface area contributed by atoms with Gasteiger partial charge in [0.1, 0.15) is 6.61 Å². The van der Waals surface area contributed by atoms with E-state index in [9.17, 15) is 9.59 Å². The molecular formula is C15H22O4Si. The first-order valence-electron chi connectivity index (χ1n) is 6.57. The normalized spacial score (nSPS) is 11.8. The van der Waals surface area contributed by atoms with Crippen LogP contribution in [0.25, 0.3) is 0 Å². The van der Waals surface area contributed by atoms with E-state index < -0.39 is 20.3 Å². The fraction of sp³-hybridized carbons (Fsp3) is 0.467. The highest BCUT2D eigenvalue weighted by Crippen LogP contribution is 2.36. The highest BCUT2D eigenvalue weighted by Gasteiger charge is 2.41. The summed E-state index contributed by atoms with van der Waals surface area (Å²) >= 11 is 0. The van der Waals surface area contributed by atoms with Crippen molar-refractivity contribution in [3.05, 3.63) is 35.9 Å². The number of hydrogen-bond acceptors (Lipinski definition) is 4. The molecule has 1 rings (SSSR count). The number of carbonyl (C=O) groups excluding carboxylic acids is 2. The Bertz CT molecular complexity index is 474. The zero-order valence-corrected chi connectivity index (χ0v) is 13.7. The molecule has 0 saturated carbocycles. The predicted molar refractivity (Wildman–Crippen MR) is 79.5 cm³/mol. The molecule has 4 nitrogen and oxygen atoms in total. The lowest BCUT2D eigenvalue weighted by Crippen LogP contribution is -2.44. The van der Waals surface area contributed by atoms with Crippen LogP contribution in [0.15, 0.2) is 30.3 Å². The molecule has 0 radical (unpaired) electrons. The molecule has 0 atom stereocenters. The van der Waals surface area contributed by atoms with E-state index >= 15 is 0 Å². The third-order valence-electron chi connectivity index (χ3n) is 3.53. The maximum absolute atomic E-state index is 11.8. The Morgan fingerprint density at radius 1 is 1.05 bits per heavy atom. The first-order chi connectivity index (χ1) is 9.13. The molecule has 20 heavy (non-hydrogen) atoms. The van der Waals surface area contributed by atoms with E-state index in [-0.39, 0.29) is 11.6 Å². The lowest BCUT2D eigenvalue weighted by molar-refractivity contribution is -0.163. The minimum Gasteiger partial charge on any atom is -0.511 e. The smallest absolute Gasteiger partial charge is 0.416 e. The second kappa shape index (κ2) is 6.22. The third kappa shape index (κ3) is 4.49. The molecule has 0 aliphatic heterocycles. The number of rotatable bonds is 3. The van der Waals surface area contributed by atoms with E-state index in [1.54, 1.807) is 0 Å². The first-order valence-corrected chi connectivity index (χ1v) is 9.48. The van der Waals surface area contributed by atoms with Crippen molar-refractivity contribution in [3.8, 4) is 0 Å². The number of carbonyl (C=O) groups is 2. The fourth-order valence-electron chi connectivity index (χ4n) is 1.21. The Morgan fingerprint density at radius 2 is 1.60 bits per heavy atom. The average Bonchev–Trinajstić information content (AvgIpc) is 2.35. The van der Waals surface area contributed by atoms with E-state index in [2.05, 4.69) is 0 Å². The molecule has 0 amide bonds. The van der Waals surface area contributed by atoms with Crippen molar-refractivity contribution in [2.45, 2.75) is 45.5 Å². The van der Waals surface area contributed by atoms with Crippen LogP contribution in [0.2, 0.25) is 18.1 Å². The largest absolute Gasteiger partial charge is 0.511 e. The van der Waals surface area contributed by atoms with Gasteiger partial charge in [-0.3, -0.25) is 0 Å². The van der Waals surface area contributed by atoms with Gasteiger partial charge in [0.15, 0.2) is 0 Å². The summed E-state index contributed by atoms with van der Waals surface area (Å²) in [4.78, 5) is 23.4. The Kier molecular flexibility index (Phi) is 5.11. The molecule has 0 unspecified atom stereocenters. The summed E-state index contributed by atoms with van der Waals surface area (Å²) in [6.45, 7) is 9.91. The maximum Gasteiger partial charge on any atom is 0.416 e. The standard InChI is InChI=1S/C15H22O4Si/c1-15(2,3)20(4,5)19-14(17)13(16)18-11-12-9-7-6-8-10-12/h6-10H,11H2,1-5H3. The van der Waals surface area contributed by atoms with Crippen LogP contribution >= 0.6 is 0 Å². The summed E-state index contributed by atoms with van der Waals surface area (Å²) in [5, 5.41) is -0.137. The van der Waals surface area contributed by atoms with Gasteiger partial charge in [0.05, 0.1) is 0 Å². The molecule has 5 heteroatoms. The monoisotopic (exact) mass is 294 g/mol. The van der Waals surface area contributed by atoms with Crippen LogP contribution in [0.4, 0.5) is 0 Å². The molecule has 1 aromatic carbocycles. The van der Waals surface area contributed by atoms with E-state index in [0.717, 1.165) is 5.56 Å². The summed E-state index contributed by atoms with van der Waals surface area (Å²) < 4.78 is 10.3. The zero-order valence-electron chi connectivity index (χ0n) is 12.7. The zero-order chi connectivity index (χ0) is 15.4. The van der Waals surface area contributed by atoms with Crippen molar-refractivity contribution in [2.24, 2.45) is 0 Å². The van der Waals surface area contributed by atoms with Gasteiger partial charge in [-0.05, 0) is 23.7 Å². The summed E-state index contributed by atoms with van der Waals surface area (Å²) in [7, 11) is -2.29. The van der Waals surface area contributed by atoms with Crippen LogP contribution in [-0.4, -0.2) is 20.3 Å². The van der Waals surface area contributed by atoms with Gasteiger partial charge in [-0.15, -0.1) is 0 Å². The molecule has 0 aromatic heterocycles. The van der Waals surface area contributed by atoms with Crippen LogP contribution in [0, 0.1) is 0 Å². The maximum atomic E-state index is 11.8. The highest BCUT2D eigenvalue weighted by molar-refractivity contribution is 6.76. The molecule has 0 saturated heterocycles. The van der Waals surface area contributed by atoms with Crippen LogP contribution in [0.5, 0.6) is 0 Å². The Labute approximate surface area is 121 Å². The third-order valence-corrected chi connectivity index (χ3v) is 7.84. The summed E-state index contributed by atoms with van der Waals surface area (Å²) in [6.07, 6.45) is 0. The highest BCUT2D eigenvalue weighted by atomic mass is 28.4. The SMILES string of the molecule is CC(C)(C)[Si](C)(C)OC(=O)C(=O)OCc1ccccc1. The molecule has 0 aliphatic carbocycles. The lowest BCUT2D eigenvalue weighted by Gasteiger charge is -2.34. The fourth-order valence-corrected chi connectivity index (χ4v) is 2.06. The van der Waals surface area contributed by atoms with E-state index in [0.29, 0.717) is 0 Å². The Hall–Kier alpha value is -1.62. The molecule has 0 fully saturated rings. The minimum absolute atomic E-state index is 0.0757. The quantitative estimate of drug-likeness (QED) is 0.488. The average molecular weight is 294 g/mol. The first kappa shape index (κ1) is 16.4. The van der Waals surface area contributed by atoms with Gasteiger partial charge < -0.3 is 9.16 Å². The molecule has 0 bridgehead atoms. The van der Waals surface area contributed by atoms with Crippen LogP contribution < -0.4 is 0 Å². The van der Waals surface area contributed by atoms with Gasteiger partial charge in [-0.2, -0.15) is 0 Å². The molecular weight excluding hydrogens is 272 g/mol. The van der Waals surface area contributed by atoms with E-state index in [1.807, 2.05) is 64.2 Å². The summed E-state index contributed by atoms with van der Waals surface area (Å²) in [5.74, 6) is -1.83. The molecule has 0 aliphatic rings. The van der Waals surface area contributed by atoms with Gasteiger partial charge in [0.25, 0.3) is 8.32 Å². The van der Waals surface area contributed by atoms with Gasteiger partial charge in [0, 0.05) is 0 Å².